The molecule has 0 aromatic heterocycles. The Kier molecular flexibility index (Phi) is 5.12. The van der Waals surface area contributed by atoms with Gasteiger partial charge in [-0.1, -0.05) is 66.7 Å². The first-order valence-electron chi connectivity index (χ1n) is 12.9. The summed E-state index contributed by atoms with van der Waals surface area (Å²) in [5, 5.41) is 53.4. The van der Waals surface area contributed by atoms with Gasteiger partial charge < -0.3 is 25.4 Å². The topological polar surface area (TPSA) is 119 Å². The molecule has 3 aliphatic heterocycles. The van der Waals surface area contributed by atoms with Crippen molar-refractivity contribution >= 4 is 17.2 Å². The number of carbonyl (C=O) groups excluding carboxylic acids is 1. The molecule has 200 valence electrons. The number of ether oxygens (including phenoxy) is 1. The molecule has 1 fully saturated rings. The van der Waals surface area contributed by atoms with Gasteiger partial charge in [0.15, 0.2) is 0 Å². The highest BCUT2D eigenvalue weighted by atomic mass is 16.7. The smallest absolute Gasteiger partial charge is 0.275 e. The maximum absolute atomic E-state index is 14.6. The van der Waals surface area contributed by atoms with Crippen LogP contribution < -0.4 is 0 Å². The second-order valence-corrected chi connectivity index (χ2v) is 11.6. The molecule has 2 N–H and O–H groups in total. The second kappa shape index (κ2) is 7.85. The lowest BCUT2D eigenvalue weighted by molar-refractivity contribution is -0.572. The van der Waals surface area contributed by atoms with Gasteiger partial charge >= 0.3 is 0 Å². The summed E-state index contributed by atoms with van der Waals surface area (Å²) in [5.74, 6) is -4.56. The Morgan fingerprint density at radius 1 is 0.718 bits per heavy atom. The number of hydroxylamine groups is 2. The maximum atomic E-state index is 14.6. The van der Waals surface area contributed by atoms with Crippen LogP contribution in [-0.2, 0) is 9.53 Å². The van der Waals surface area contributed by atoms with E-state index in [9.17, 15) is 25.4 Å². The van der Waals surface area contributed by atoms with Gasteiger partial charge in [-0.15, -0.1) is 0 Å². The lowest BCUT2D eigenvalue weighted by atomic mass is 9.63. The van der Waals surface area contributed by atoms with Crippen LogP contribution >= 0.6 is 0 Å². The van der Waals surface area contributed by atoms with Crippen molar-refractivity contribution in [2.75, 3.05) is 0 Å². The fourth-order valence-electron chi connectivity index (χ4n) is 6.75. The number of nitrogens with zero attached hydrogens (tertiary/aromatic N) is 2. The largest absolute Gasteiger partial charge is 0.623 e. The van der Waals surface area contributed by atoms with Crippen molar-refractivity contribution in [2.45, 2.75) is 61.7 Å². The minimum absolute atomic E-state index is 0.0242. The molecule has 3 aromatic rings. The van der Waals surface area contributed by atoms with Crippen molar-refractivity contribution in [3.8, 4) is 0 Å². The lowest BCUT2D eigenvalue weighted by Gasteiger charge is -2.35. The summed E-state index contributed by atoms with van der Waals surface area (Å²) in [6.07, 6.45) is 0. The highest BCUT2D eigenvalue weighted by Gasteiger charge is 2.91. The van der Waals surface area contributed by atoms with E-state index in [-0.39, 0.29) is 11.4 Å². The third-order valence-electron chi connectivity index (χ3n) is 8.73. The van der Waals surface area contributed by atoms with Crippen molar-refractivity contribution in [1.29, 1.82) is 0 Å². The fraction of sp³-hybridized carbons (Fsp3) is 0.323. The Bertz CT molecular complexity index is 1550. The van der Waals surface area contributed by atoms with Crippen LogP contribution in [0.15, 0.2) is 91.0 Å². The van der Waals surface area contributed by atoms with Crippen LogP contribution in [0.2, 0.25) is 0 Å². The van der Waals surface area contributed by atoms with Gasteiger partial charge in [0, 0.05) is 38.8 Å². The van der Waals surface area contributed by atoms with E-state index in [1.54, 1.807) is 91.0 Å². The molecule has 0 aliphatic carbocycles. The molecule has 3 aliphatic rings. The molecule has 0 radical (unpaired) electrons. The van der Waals surface area contributed by atoms with Gasteiger partial charge in [-0.25, -0.2) is 0 Å². The third-order valence-corrected chi connectivity index (χ3v) is 8.73. The average molecular weight is 527 g/mol. The Morgan fingerprint density at radius 3 is 1.69 bits per heavy atom. The molecule has 0 amide bonds. The lowest BCUT2D eigenvalue weighted by Crippen LogP contribution is -2.63. The summed E-state index contributed by atoms with van der Waals surface area (Å²) < 4.78 is 7.73. The zero-order valence-electron chi connectivity index (χ0n) is 22.2. The highest BCUT2D eigenvalue weighted by Crippen LogP contribution is 2.64. The maximum Gasteiger partial charge on any atom is 0.275 e. The molecule has 3 heterocycles. The first-order valence-corrected chi connectivity index (χ1v) is 12.9. The van der Waals surface area contributed by atoms with Crippen molar-refractivity contribution in [3.05, 3.63) is 118 Å². The van der Waals surface area contributed by atoms with Gasteiger partial charge in [-0.2, -0.15) is 9.48 Å². The molecule has 0 saturated carbocycles. The van der Waals surface area contributed by atoms with Crippen molar-refractivity contribution in [1.82, 2.24) is 0 Å². The van der Waals surface area contributed by atoms with E-state index >= 15 is 0 Å². The molecule has 39 heavy (non-hydrogen) atoms. The molecule has 3 aromatic carbocycles. The SMILES string of the molecule is CC1(C)C(=O)C2(OC3(O)C(O)(C(c4ccccc4)=[N+]([O-])C3(C)C)C2c2ccccc2)C(c2ccccc2)=[N+]1[O-]. The highest BCUT2D eigenvalue weighted by molar-refractivity contribution is 6.25. The van der Waals surface area contributed by atoms with E-state index in [0.29, 0.717) is 26.2 Å². The predicted octanol–water partition coefficient (Wildman–Crippen LogP) is 3.11. The van der Waals surface area contributed by atoms with Gasteiger partial charge in [0.1, 0.15) is 0 Å². The number of ketones is 1. The van der Waals surface area contributed by atoms with Crippen LogP contribution in [0.4, 0.5) is 0 Å². The summed E-state index contributed by atoms with van der Waals surface area (Å²) >= 11 is 0. The van der Waals surface area contributed by atoms with Gasteiger partial charge in [0.25, 0.3) is 5.79 Å². The zero-order valence-corrected chi connectivity index (χ0v) is 22.2. The fourth-order valence-corrected chi connectivity index (χ4v) is 6.75. The summed E-state index contributed by atoms with van der Waals surface area (Å²) in [7, 11) is 0. The van der Waals surface area contributed by atoms with E-state index in [4.69, 9.17) is 4.74 Å². The summed E-state index contributed by atoms with van der Waals surface area (Å²) in [5.41, 5.74) is -6.86. The molecule has 4 unspecified atom stereocenters. The van der Waals surface area contributed by atoms with Crippen molar-refractivity contribution in [3.63, 3.8) is 0 Å². The number of aliphatic hydroxyl groups is 2. The number of rotatable bonds is 3. The molecule has 8 heteroatoms. The first-order chi connectivity index (χ1) is 18.4. The minimum atomic E-state index is -2.59. The zero-order chi connectivity index (χ0) is 28.0. The van der Waals surface area contributed by atoms with Crippen molar-refractivity contribution in [2.24, 2.45) is 0 Å². The van der Waals surface area contributed by atoms with Crippen LogP contribution in [0.1, 0.15) is 50.3 Å². The average Bonchev–Trinajstić information content (AvgIpc) is 3.28. The van der Waals surface area contributed by atoms with E-state index in [1.807, 2.05) is 0 Å². The summed E-state index contributed by atoms with van der Waals surface area (Å²) in [4.78, 5) is 14.6. The van der Waals surface area contributed by atoms with Crippen LogP contribution in [-0.4, -0.2) is 65.0 Å². The predicted molar refractivity (Wildman–Crippen MR) is 144 cm³/mol. The third kappa shape index (κ3) is 2.81. The van der Waals surface area contributed by atoms with E-state index in [1.165, 1.54) is 27.7 Å². The Morgan fingerprint density at radius 2 is 1.18 bits per heavy atom. The summed E-state index contributed by atoms with van der Waals surface area (Å²) in [6, 6.07) is 25.9. The number of carbonyl (C=O) groups is 1. The quantitative estimate of drug-likeness (QED) is 0.400. The minimum Gasteiger partial charge on any atom is -0.623 e. The van der Waals surface area contributed by atoms with E-state index in [2.05, 4.69) is 0 Å². The van der Waals surface area contributed by atoms with Crippen LogP contribution in [0.3, 0.4) is 0 Å². The van der Waals surface area contributed by atoms with Gasteiger partial charge in [0.2, 0.25) is 39.5 Å². The van der Waals surface area contributed by atoms with Crippen molar-refractivity contribution < 1.29 is 29.2 Å². The Labute approximate surface area is 226 Å². The standard InChI is InChI=1S/C31H30N2O6/c1-27(2)26(34)29(24(32(27)37)21-16-10-6-11-17-21)23(20-14-8-5-9-15-20)30(35)25(22-18-12-7-13-19-22)33(38)28(3,4)31(30,36)39-29/h5-19,23,35-36H,1-4H3. The molecular formula is C31H30N2O6. The number of hydrogen-bond donors (Lipinski definition) is 2. The Hall–Kier alpha value is -3.85. The number of Topliss-reactive ketones (excluding diaryl/α,β-unsaturated/α-hetero) is 1. The number of hydrogen-bond acceptors (Lipinski definition) is 6. The molecule has 0 bridgehead atoms. The van der Waals surface area contributed by atoms with Gasteiger partial charge in [-0.3, -0.25) is 4.79 Å². The molecule has 4 atom stereocenters. The van der Waals surface area contributed by atoms with Gasteiger partial charge in [0.05, 0.1) is 5.92 Å². The molecule has 1 saturated heterocycles. The first kappa shape index (κ1) is 25.4. The Balaban J connectivity index is 1.77. The molecule has 8 nitrogen and oxygen atoms in total. The summed E-state index contributed by atoms with van der Waals surface area (Å²) in [6.45, 7) is 5.93. The number of benzene rings is 3. The normalized spacial score (nSPS) is 32.8. The number of fused-ring (bicyclic) bond motifs is 1. The molecule has 6 rings (SSSR count). The monoisotopic (exact) mass is 526 g/mol. The van der Waals surface area contributed by atoms with Crippen LogP contribution in [0, 0.1) is 10.4 Å². The van der Waals surface area contributed by atoms with Gasteiger partial charge in [-0.05, 0) is 29.8 Å². The van der Waals surface area contributed by atoms with E-state index < -0.39 is 39.8 Å². The second-order valence-electron chi connectivity index (χ2n) is 11.6. The van der Waals surface area contributed by atoms with Crippen LogP contribution in [0.5, 0.6) is 0 Å². The molecular weight excluding hydrogens is 496 g/mol. The molecule has 1 spiro atoms. The van der Waals surface area contributed by atoms with Crippen LogP contribution in [0.25, 0.3) is 0 Å². The van der Waals surface area contributed by atoms with E-state index in [0.717, 1.165) is 0 Å².